The molecule has 0 aliphatic carbocycles. The third-order valence-electron chi connectivity index (χ3n) is 2.72. The normalized spacial score (nSPS) is 11.7. The average molecular weight is 263 g/mol. The molecule has 0 saturated carbocycles. The molecule has 0 atom stereocenters. The molecule has 0 saturated heterocycles. The Kier molecular flexibility index (Phi) is 5.08. The minimum Gasteiger partial charge on any atom is -0.359 e. The maximum atomic E-state index is 4.98. The van der Waals surface area contributed by atoms with E-state index in [1.807, 2.05) is 11.8 Å². The second-order valence-electron chi connectivity index (χ2n) is 3.37. The maximum Gasteiger partial charge on any atom is 0.204 e. The molecule has 3 nitrogen and oxygen atoms in total. The van der Waals surface area contributed by atoms with E-state index in [0.717, 1.165) is 28.5 Å². The SMILES string of the molecule is CCC(CC)(CNc1n[nH]c(=S)s1)SC. The predicted molar refractivity (Wildman–Crippen MR) is 72.6 cm³/mol. The van der Waals surface area contributed by atoms with Crippen LogP contribution in [0.3, 0.4) is 0 Å². The highest BCUT2D eigenvalue weighted by molar-refractivity contribution is 8.00. The number of aromatic amines is 1. The summed E-state index contributed by atoms with van der Waals surface area (Å²) in [7, 11) is 0. The summed E-state index contributed by atoms with van der Waals surface area (Å²) < 4.78 is 1.04. The first-order valence-corrected chi connectivity index (χ1v) is 7.45. The zero-order valence-corrected chi connectivity index (χ0v) is 11.7. The van der Waals surface area contributed by atoms with E-state index >= 15 is 0 Å². The first kappa shape index (κ1) is 13.0. The Balaban J connectivity index is 2.57. The van der Waals surface area contributed by atoms with Gasteiger partial charge in [0, 0.05) is 11.3 Å². The first-order valence-electron chi connectivity index (χ1n) is 5.00. The lowest BCUT2D eigenvalue weighted by Gasteiger charge is -2.29. The summed E-state index contributed by atoms with van der Waals surface area (Å²) in [4.78, 5) is 0. The van der Waals surface area contributed by atoms with Crippen LogP contribution in [0.2, 0.25) is 0 Å². The van der Waals surface area contributed by atoms with Crippen molar-refractivity contribution in [1.29, 1.82) is 0 Å². The molecular weight excluding hydrogens is 246 g/mol. The van der Waals surface area contributed by atoms with Gasteiger partial charge in [-0.1, -0.05) is 25.2 Å². The molecule has 15 heavy (non-hydrogen) atoms. The van der Waals surface area contributed by atoms with Crippen molar-refractivity contribution in [1.82, 2.24) is 10.2 Å². The fraction of sp³-hybridized carbons (Fsp3) is 0.778. The molecule has 1 heterocycles. The van der Waals surface area contributed by atoms with E-state index in [9.17, 15) is 0 Å². The molecule has 2 N–H and O–H groups in total. The van der Waals surface area contributed by atoms with Gasteiger partial charge >= 0.3 is 0 Å². The molecule has 0 fully saturated rings. The minimum atomic E-state index is 0.313. The Labute approximate surface area is 104 Å². The Hall–Kier alpha value is -0.0700. The number of hydrogen-bond donors (Lipinski definition) is 2. The number of nitrogens with one attached hydrogen (secondary N) is 2. The molecule has 0 aromatic carbocycles. The Morgan fingerprint density at radius 3 is 2.60 bits per heavy atom. The van der Waals surface area contributed by atoms with E-state index in [4.69, 9.17) is 12.2 Å². The van der Waals surface area contributed by atoms with Crippen molar-refractivity contribution in [3.8, 4) is 0 Å². The molecule has 1 aromatic heterocycles. The quantitative estimate of drug-likeness (QED) is 0.770. The first-order chi connectivity index (χ1) is 7.15. The van der Waals surface area contributed by atoms with Crippen LogP contribution < -0.4 is 5.32 Å². The number of nitrogens with zero attached hydrogens (tertiary/aromatic N) is 1. The van der Waals surface area contributed by atoms with Crippen LogP contribution in [0.4, 0.5) is 5.13 Å². The summed E-state index contributed by atoms with van der Waals surface area (Å²) >= 11 is 8.39. The zero-order valence-electron chi connectivity index (χ0n) is 9.29. The zero-order chi connectivity index (χ0) is 11.3. The monoisotopic (exact) mass is 263 g/mol. The van der Waals surface area contributed by atoms with Crippen molar-refractivity contribution in [3.05, 3.63) is 3.95 Å². The van der Waals surface area contributed by atoms with E-state index in [0.29, 0.717) is 4.75 Å². The third-order valence-corrected chi connectivity index (χ3v) is 5.36. The summed E-state index contributed by atoms with van der Waals surface area (Å²) in [5, 5.41) is 11.1. The van der Waals surface area contributed by atoms with Crippen LogP contribution in [0, 0.1) is 3.95 Å². The molecule has 1 aromatic rings. The van der Waals surface area contributed by atoms with Gasteiger partial charge < -0.3 is 5.32 Å². The van der Waals surface area contributed by atoms with E-state index in [-0.39, 0.29) is 0 Å². The van der Waals surface area contributed by atoms with E-state index in [2.05, 4.69) is 35.6 Å². The van der Waals surface area contributed by atoms with Crippen LogP contribution in [0.25, 0.3) is 0 Å². The Morgan fingerprint density at radius 2 is 2.20 bits per heavy atom. The van der Waals surface area contributed by atoms with Crippen molar-refractivity contribution in [2.75, 3.05) is 18.1 Å². The van der Waals surface area contributed by atoms with Crippen molar-refractivity contribution >= 4 is 40.4 Å². The molecule has 0 radical (unpaired) electrons. The molecule has 1 rings (SSSR count). The number of thioether (sulfide) groups is 1. The van der Waals surface area contributed by atoms with Gasteiger partial charge in [0.25, 0.3) is 0 Å². The van der Waals surface area contributed by atoms with Crippen LogP contribution in [-0.4, -0.2) is 27.7 Å². The molecule has 0 spiro atoms. The maximum absolute atomic E-state index is 4.98. The summed E-state index contributed by atoms with van der Waals surface area (Å²) in [6.45, 7) is 5.40. The van der Waals surface area contributed by atoms with Gasteiger partial charge in [0.2, 0.25) is 5.13 Å². The van der Waals surface area contributed by atoms with Crippen LogP contribution in [0.15, 0.2) is 0 Å². The molecule has 0 unspecified atom stereocenters. The Bertz CT molecular complexity index is 332. The van der Waals surface area contributed by atoms with Gasteiger partial charge in [-0.25, -0.2) is 0 Å². The van der Waals surface area contributed by atoms with Gasteiger partial charge in [-0.2, -0.15) is 11.8 Å². The minimum absolute atomic E-state index is 0.313. The summed E-state index contributed by atoms with van der Waals surface area (Å²) in [5.74, 6) is 0. The topological polar surface area (TPSA) is 40.7 Å². The number of rotatable bonds is 6. The molecule has 6 heteroatoms. The van der Waals surface area contributed by atoms with Crippen LogP contribution in [0.5, 0.6) is 0 Å². The van der Waals surface area contributed by atoms with E-state index in [1.54, 1.807) is 0 Å². The molecular formula is C9H17N3S3. The van der Waals surface area contributed by atoms with Gasteiger partial charge in [-0.05, 0) is 31.3 Å². The van der Waals surface area contributed by atoms with Crippen molar-refractivity contribution < 1.29 is 0 Å². The van der Waals surface area contributed by atoms with Gasteiger partial charge in [0.05, 0.1) is 0 Å². The molecule has 86 valence electrons. The van der Waals surface area contributed by atoms with Crippen LogP contribution in [-0.2, 0) is 0 Å². The Morgan fingerprint density at radius 1 is 1.53 bits per heavy atom. The second-order valence-corrected chi connectivity index (χ2v) is 6.31. The molecule has 0 bridgehead atoms. The highest BCUT2D eigenvalue weighted by Gasteiger charge is 2.24. The highest BCUT2D eigenvalue weighted by atomic mass is 32.2. The molecule has 0 aliphatic rings. The van der Waals surface area contributed by atoms with Gasteiger partial charge in [-0.15, -0.1) is 5.10 Å². The smallest absolute Gasteiger partial charge is 0.204 e. The van der Waals surface area contributed by atoms with Crippen molar-refractivity contribution in [2.45, 2.75) is 31.4 Å². The fourth-order valence-corrected chi connectivity index (χ4v) is 2.98. The third kappa shape index (κ3) is 3.46. The van der Waals surface area contributed by atoms with Crippen LogP contribution in [0.1, 0.15) is 26.7 Å². The largest absolute Gasteiger partial charge is 0.359 e. The van der Waals surface area contributed by atoms with Gasteiger partial charge in [-0.3, -0.25) is 5.10 Å². The second kappa shape index (κ2) is 5.86. The standard InChI is InChI=1S/C9H17N3S3/c1-4-9(5-2,14-3)6-10-7-11-12-8(13)15-7/h4-6H2,1-3H3,(H,10,11)(H,12,13). The lowest BCUT2D eigenvalue weighted by atomic mass is 10.0. The van der Waals surface area contributed by atoms with Crippen molar-refractivity contribution in [3.63, 3.8) is 0 Å². The number of anilines is 1. The van der Waals surface area contributed by atoms with Crippen LogP contribution >= 0.6 is 35.3 Å². The van der Waals surface area contributed by atoms with E-state index < -0.39 is 0 Å². The lowest BCUT2D eigenvalue weighted by Crippen LogP contribution is -2.31. The lowest BCUT2D eigenvalue weighted by molar-refractivity contribution is 0.574. The average Bonchev–Trinajstić information content (AvgIpc) is 2.67. The number of H-pyrrole nitrogens is 1. The summed E-state index contributed by atoms with van der Waals surface area (Å²) in [6, 6.07) is 0. The van der Waals surface area contributed by atoms with Crippen molar-refractivity contribution in [2.24, 2.45) is 0 Å². The molecule has 0 aliphatic heterocycles. The summed E-state index contributed by atoms with van der Waals surface area (Å²) in [5.41, 5.74) is 0. The van der Waals surface area contributed by atoms with Gasteiger partial charge in [0.1, 0.15) is 0 Å². The molecule has 0 amide bonds. The highest BCUT2D eigenvalue weighted by Crippen LogP contribution is 2.30. The van der Waals surface area contributed by atoms with E-state index in [1.165, 1.54) is 11.3 Å². The van der Waals surface area contributed by atoms with Gasteiger partial charge in [0.15, 0.2) is 3.95 Å². The predicted octanol–water partition coefficient (Wildman–Crippen LogP) is 3.53. The fourth-order valence-electron chi connectivity index (χ4n) is 1.40. The number of hydrogen-bond acceptors (Lipinski definition) is 5. The summed E-state index contributed by atoms with van der Waals surface area (Å²) in [6.07, 6.45) is 4.49. The number of aromatic nitrogens is 2.